The molecule has 1 aliphatic heterocycles. The molecule has 0 saturated carbocycles. The number of nitrogens with zero attached hydrogens (tertiary/aromatic N) is 2. The maximum absolute atomic E-state index is 13.1. The van der Waals surface area contributed by atoms with E-state index in [0.717, 1.165) is 29.7 Å². The second-order valence-electron chi connectivity index (χ2n) is 5.29. The molecule has 1 aliphatic rings. The lowest BCUT2D eigenvalue weighted by Gasteiger charge is -2.42. The molecule has 2 unspecified atom stereocenters. The van der Waals surface area contributed by atoms with Gasteiger partial charge in [-0.15, -0.1) is 0 Å². The number of halogens is 2. The van der Waals surface area contributed by atoms with E-state index in [2.05, 4.69) is 46.6 Å². The average molecular weight is 315 g/mol. The summed E-state index contributed by atoms with van der Waals surface area (Å²) in [7, 11) is 2.18. The van der Waals surface area contributed by atoms with Gasteiger partial charge in [-0.3, -0.25) is 9.80 Å². The molecule has 0 aliphatic carbocycles. The minimum absolute atomic E-state index is 0.189. The summed E-state index contributed by atoms with van der Waals surface area (Å²) in [6, 6.07) is 6.06. The van der Waals surface area contributed by atoms with E-state index in [1.54, 1.807) is 0 Å². The second kappa shape index (κ2) is 5.68. The molecule has 1 saturated heterocycles. The molecule has 0 bridgehead atoms. The van der Waals surface area contributed by atoms with Gasteiger partial charge < -0.3 is 0 Å². The number of rotatable bonds is 2. The quantitative estimate of drug-likeness (QED) is 0.827. The molecule has 2 rings (SSSR count). The number of hydrogen-bond donors (Lipinski definition) is 0. The molecule has 4 heteroatoms. The van der Waals surface area contributed by atoms with Crippen LogP contribution in [-0.2, 0) is 6.54 Å². The van der Waals surface area contributed by atoms with Crippen LogP contribution in [0.5, 0.6) is 0 Å². The highest BCUT2D eigenvalue weighted by atomic mass is 79.9. The Kier molecular flexibility index (Phi) is 4.41. The van der Waals surface area contributed by atoms with Gasteiger partial charge in [0.05, 0.1) is 0 Å². The third-order valence-electron chi connectivity index (χ3n) is 3.84. The summed E-state index contributed by atoms with van der Waals surface area (Å²) in [5.41, 5.74) is 1.15. The van der Waals surface area contributed by atoms with Crippen LogP contribution in [0.3, 0.4) is 0 Å². The van der Waals surface area contributed by atoms with Crippen LogP contribution in [0, 0.1) is 5.82 Å². The van der Waals surface area contributed by atoms with Crippen LogP contribution in [0.4, 0.5) is 4.39 Å². The Morgan fingerprint density at radius 1 is 1.28 bits per heavy atom. The zero-order valence-electron chi connectivity index (χ0n) is 11.2. The lowest BCUT2D eigenvalue weighted by molar-refractivity contribution is 0.0555. The number of likely N-dealkylation sites (N-methyl/N-ethyl adjacent to an activating group) is 1. The summed E-state index contributed by atoms with van der Waals surface area (Å²) < 4.78 is 13.9. The highest BCUT2D eigenvalue weighted by molar-refractivity contribution is 9.10. The van der Waals surface area contributed by atoms with Crippen LogP contribution in [0.1, 0.15) is 19.4 Å². The molecule has 0 spiro atoms. The number of benzene rings is 1. The van der Waals surface area contributed by atoms with E-state index in [-0.39, 0.29) is 5.82 Å². The van der Waals surface area contributed by atoms with E-state index in [1.165, 1.54) is 12.1 Å². The van der Waals surface area contributed by atoms with Crippen molar-refractivity contribution in [1.29, 1.82) is 0 Å². The first-order chi connectivity index (χ1) is 8.47. The Labute approximate surface area is 117 Å². The predicted octanol–water partition coefficient (Wildman–Crippen LogP) is 3.11. The van der Waals surface area contributed by atoms with Crippen molar-refractivity contribution >= 4 is 15.9 Å². The van der Waals surface area contributed by atoms with Crippen LogP contribution in [0.25, 0.3) is 0 Å². The van der Waals surface area contributed by atoms with Crippen LogP contribution in [0.2, 0.25) is 0 Å². The van der Waals surface area contributed by atoms with Crippen LogP contribution in [0.15, 0.2) is 22.7 Å². The summed E-state index contributed by atoms with van der Waals surface area (Å²) >= 11 is 3.44. The smallest absolute Gasteiger partial charge is 0.124 e. The van der Waals surface area contributed by atoms with Crippen LogP contribution in [-0.4, -0.2) is 42.0 Å². The van der Waals surface area contributed by atoms with Crippen LogP contribution >= 0.6 is 15.9 Å². The van der Waals surface area contributed by atoms with Crippen molar-refractivity contribution in [1.82, 2.24) is 9.80 Å². The summed E-state index contributed by atoms with van der Waals surface area (Å²) in [4.78, 5) is 4.85. The van der Waals surface area contributed by atoms with E-state index >= 15 is 0 Å². The van der Waals surface area contributed by atoms with E-state index in [0.29, 0.717) is 12.1 Å². The summed E-state index contributed by atoms with van der Waals surface area (Å²) in [5, 5.41) is 0. The Morgan fingerprint density at radius 2 is 1.89 bits per heavy atom. The molecule has 18 heavy (non-hydrogen) atoms. The fourth-order valence-corrected chi connectivity index (χ4v) is 3.01. The maximum Gasteiger partial charge on any atom is 0.124 e. The normalized spacial score (nSPS) is 26.5. The van der Waals surface area contributed by atoms with Gasteiger partial charge >= 0.3 is 0 Å². The Bertz CT molecular complexity index is 412. The number of piperazine rings is 1. The monoisotopic (exact) mass is 314 g/mol. The molecule has 1 heterocycles. The molecule has 2 nitrogen and oxygen atoms in total. The van der Waals surface area contributed by atoms with E-state index in [9.17, 15) is 4.39 Å². The van der Waals surface area contributed by atoms with Crippen molar-refractivity contribution in [2.24, 2.45) is 0 Å². The van der Waals surface area contributed by atoms with Crippen molar-refractivity contribution in [2.75, 3.05) is 20.1 Å². The Morgan fingerprint density at radius 3 is 2.44 bits per heavy atom. The highest BCUT2D eigenvalue weighted by Gasteiger charge is 2.26. The van der Waals surface area contributed by atoms with Crippen molar-refractivity contribution in [3.63, 3.8) is 0 Å². The molecule has 0 N–H and O–H groups in total. The van der Waals surface area contributed by atoms with Gasteiger partial charge in [-0.25, -0.2) is 4.39 Å². The first kappa shape index (κ1) is 14.0. The van der Waals surface area contributed by atoms with Crippen molar-refractivity contribution in [2.45, 2.75) is 32.5 Å². The predicted molar refractivity (Wildman–Crippen MR) is 76.1 cm³/mol. The van der Waals surface area contributed by atoms with Crippen molar-refractivity contribution < 1.29 is 4.39 Å². The third-order valence-corrected chi connectivity index (χ3v) is 4.58. The van der Waals surface area contributed by atoms with E-state index < -0.39 is 0 Å². The van der Waals surface area contributed by atoms with Crippen molar-refractivity contribution in [3.05, 3.63) is 34.1 Å². The maximum atomic E-state index is 13.1. The molecule has 1 aromatic rings. The third kappa shape index (κ3) is 3.11. The largest absolute Gasteiger partial charge is 0.298 e. The first-order valence-corrected chi connectivity index (χ1v) is 7.15. The summed E-state index contributed by atoms with van der Waals surface area (Å²) in [5.74, 6) is -0.189. The molecular formula is C14H20BrFN2. The van der Waals surface area contributed by atoms with Crippen LogP contribution < -0.4 is 0 Å². The van der Waals surface area contributed by atoms with Gasteiger partial charge in [-0.1, -0.05) is 22.0 Å². The fraction of sp³-hybridized carbons (Fsp3) is 0.571. The van der Waals surface area contributed by atoms with Crippen molar-refractivity contribution in [3.8, 4) is 0 Å². The van der Waals surface area contributed by atoms with Gasteiger partial charge in [-0.05, 0) is 38.6 Å². The summed E-state index contributed by atoms with van der Waals surface area (Å²) in [6.45, 7) is 7.50. The molecule has 0 radical (unpaired) electrons. The average Bonchev–Trinajstić information content (AvgIpc) is 2.29. The Hall–Kier alpha value is -0.450. The van der Waals surface area contributed by atoms with Gasteiger partial charge in [0.15, 0.2) is 0 Å². The lowest BCUT2D eigenvalue weighted by Crippen LogP contribution is -2.54. The lowest BCUT2D eigenvalue weighted by atomic mass is 10.1. The second-order valence-corrected chi connectivity index (χ2v) is 6.15. The molecule has 2 atom stereocenters. The van der Waals surface area contributed by atoms with Gasteiger partial charge in [0, 0.05) is 36.2 Å². The zero-order valence-corrected chi connectivity index (χ0v) is 12.7. The topological polar surface area (TPSA) is 6.48 Å². The molecule has 0 aromatic heterocycles. The van der Waals surface area contributed by atoms with Gasteiger partial charge in [0.25, 0.3) is 0 Å². The molecule has 100 valence electrons. The van der Waals surface area contributed by atoms with Gasteiger partial charge in [0.1, 0.15) is 5.82 Å². The fourth-order valence-electron chi connectivity index (χ4n) is 2.53. The first-order valence-electron chi connectivity index (χ1n) is 6.35. The SMILES string of the molecule is CC1CN(Cc2ccc(F)cc2Br)CC(C)N1C. The minimum Gasteiger partial charge on any atom is -0.298 e. The molecule has 0 amide bonds. The summed E-state index contributed by atoms with van der Waals surface area (Å²) in [6.07, 6.45) is 0. The molecule has 1 aromatic carbocycles. The Balaban J connectivity index is 2.05. The zero-order chi connectivity index (χ0) is 13.3. The van der Waals surface area contributed by atoms with Gasteiger partial charge in [-0.2, -0.15) is 0 Å². The van der Waals surface area contributed by atoms with E-state index in [1.807, 2.05) is 6.07 Å². The minimum atomic E-state index is -0.189. The van der Waals surface area contributed by atoms with E-state index in [4.69, 9.17) is 0 Å². The molecular weight excluding hydrogens is 295 g/mol. The highest BCUT2D eigenvalue weighted by Crippen LogP contribution is 2.22. The van der Waals surface area contributed by atoms with Gasteiger partial charge in [0.2, 0.25) is 0 Å². The number of hydrogen-bond acceptors (Lipinski definition) is 2. The standard InChI is InChI=1S/C14H20BrFN2/c1-10-7-18(8-11(2)17(10)3)9-12-4-5-13(16)6-14(12)15/h4-6,10-11H,7-9H2,1-3H3. The molecule has 1 fully saturated rings.